The van der Waals surface area contributed by atoms with E-state index in [1.165, 1.54) is 0 Å². The summed E-state index contributed by atoms with van der Waals surface area (Å²) in [5.74, 6) is -0.224. The van der Waals surface area contributed by atoms with Gasteiger partial charge in [0, 0.05) is 23.8 Å². The van der Waals surface area contributed by atoms with Gasteiger partial charge in [-0.25, -0.2) is 0 Å². The van der Waals surface area contributed by atoms with Crippen molar-refractivity contribution in [2.24, 2.45) is 0 Å². The topological polar surface area (TPSA) is 31.4 Å². The first kappa shape index (κ1) is 9.90. The fourth-order valence-electron chi connectivity index (χ4n) is 1.62. The van der Waals surface area contributed by atoms with Gasteiger partial charge in [-0.1, -0.05) is 0 Å². The van der Waals surface area contributed by atoms with E-state index in [0.29, 0.717) is 19.1 Å². The number of rotatable bonds is 2. The SMILES string of the molecule is CC1(c2cnccc2CCl)OCCO1. The first-order valence-corrected chi connectivity index (χ1v) is 5.07. The highest BCUT2D eigenvalue weighted by Crippen LogP contribution is 2.32. The number of hydrogen-bond donors (Lipinski definition) is 0. The molecule has 2 rings (SSSR count). The summed E-state index contributed by atoms with van der Waals surface area (Å²) in [4.78, 5) is 4.06. The van der Waals surface area contributed by atoms with Crippen molar-refractivity contribution in [1.29, 1.82) is 0 Å². The molecule has 0 aliphatic carbocycles. The second-order valence-corrected chi connectivity index (χ2v) is 3.58. The Kier molecular flexibility index (Phi) is 2.72. The van der Waals surface area contributed by atoms with Crippen LogP contribution in [0.25, 0.3) is 0 Å². The zero-order valence-electron chi connectivity index (χ0n) is 8.00. The molecule has 3 nitrogen and oxygen atoms in total. The van der Waals surface area contributed by atoms with Gasteiger partial charge in [0.05, 0.1) is 13.2 Å². The summed E-state index contributed by atoms with van der Waals surface area (Å²) in [6, 6.07) is 1.89. The number of nitrogens with zero attached hydrogens (tertiary/aromatic N) is 1. The molecule has 1 aliphatic rings. The van der Waals surface area contributed by atoms with Crippen LogP contribution in [-0.2, 0) is 21.1 Å². The van der Waals surface area contributed by atoms with Crippen molar-refractivity contribution in [2.75, 3.05) is 13.2 Å². The molecule has 0 aromatic carbocycles. The summed E-state index contributed by atoms with van der Waals surface area (Å²) in [5.41, 5.74) is 1.93. The van der Waals surface area contributed by atoms with Gasteiger partial charge in [0.2, 0.25) is 0 Å². The average Bonchev–Trinajstić information content (AvgIpc) is 2.66. The number of alkyl halides is 1. The monoisotopic (exact) mass is 213 g/mol. The molecule has 0 bridgehead atoms. The first-order chi connectivity index (χ1) is 6.76. The molecule has 0 amide bonds. The molecule has 1 aromatic rings. The standard InChI is InChI=1S/C10H12ClNO2/c1-10(13-4-5-14-10)9-7-12-3-2-8(9)6-11/h2-3,7H,4-6H2,1H3. The highest BCUT2D eigenvalue weighted by Gasteiger charge is 2.35. The van der Waals surface area contributed by atoms with Gasteiger partial charge >= 0.3 is 0 Å². The van der Waals surface area contributed by atoms with Gasteiger partial charge in [0.15, 0.2) is 5.79 Å². The third-order valence-corrected chi connectivity index (χ3v) is 2.67. The Bertz CT molecular complexity index is 324. The van der Waals surface area contributed by atoms with Crippen LogP contribution in [0.15, 0.2) is 18.5 Å². The lowest BCUT2D eigenvalue weighted by Gasteiger charge is -2.24. The van der Waals surface area contributed by atoms with E-state index >= 15 is 0 Å². The van der Waals surface area contributed by atoms with Crippen LogP contribution in [0.1, 0.15) is 18.1 Å². The molecule has 0 saturated carbocycles. The maximum absolute atomic E-state index is 5.83. The maximum atomic E-state index is 5.83. The fourth-order valence-corrected chi connectivity index (χ4v) is 1.85. The Morgan fingerprint density at radius 2 is 2.21 bits per heavy atom. The van der Waals surface area contributed by atoms with Crippen LogP contribution in [0.5, 0.6) is 0 Å². The predicted octanol–water partition coefficient (Wildman–Crippen LogP) is 2.04. The largest absolute Gasteiger partial charge is 0.344 e. The van der Waals surface area contributed by atoms with Gasteiger partial charge < -0.3 is 9.47 Å². The van der Waals surface area contributed by atoms with Crippen LogP contribution < -0.4 is 0 Å². The zero-order chi connectivity index (χ0) is 10.0. The smallest absolute Gasteiger partial charge is 0.193 e. The molecule has 4 heteroatoms. The Morgan fingerprint density at radius 3 is 2.86 bits per heavy atom. The lowest BCUT2D eigenvalue weighted by atomic mass is 10.0. The zero-order valence-corrected chi connectivity index (χ0v) is 8.75. The van der Waals surface area contributed by atoms with Gasteiger partial charge in [0.25, 0.3) is 0 Å². The van der Waals surface area contributed by atoms with Gasteiger partial charge in [-0.05, 0) is 18.6 Å². The highest BCUT2D eigenvalue weighted by atomic mass is 35.5. The molecule has 0 N–H and O–H groups in total. The van der Waals surface area contributed by atoms with Gasteiger partial charge in [-0.15, -0.1) is 11.6 Å². The minimum Gasteiger partial charge on any atom is -0.344 e. The molecule has 0 radical (unpaired) electrons. The molecule has 1 aliphatic heterocycles. The molecule has 76 valence electrons. The molecule has 0 unspecified atom stereocenters. The van der Waals surface area contributed by atoms with Crippen molar-refractivity contribution in [3.05, 3.63) is 29.6 Å². The van der Waals surface area contributed by atoms with Crippen molar-refractivity contribution in [3.63, 3.8) is 0 Å². The van der Waals surface area contributed by atoms with Gasteiger partial charge in [-0.3, -0.25) is 4.98 Å². The third kappa shape index (κ3) is 1.63. The highest BCUT2D eigenvalue weighted by molar-refractivity contribution is 6.17. The van der Waals surface area contributed by atoms with E-state index in [1.807, 2.05) is 13.0 Å². The summed E-state index contributed by atoms with van der Waals surface area (Å²) < 4.78 is 11.1. The molecule has 0 atom stereocenters. The lowest BCUT2D eigenvalue weighted by molar-refractivity contribution is -0.150. The molecule has 1 aromatic heterocycles. The minimum absolute atomic E-state index is 0.445. The lowest BCUT2D eigenvalue weighted by Crippen LogP contribution is -2.24. The van der Waals surface area contributed by atoms with Crippen molar-refractivity contribution in [3.8, 4) is 0 Å². The summed E-state index contributed by atoms with van der Waals surface area (Å²) in [5, 5.41) is 0. The maximum Gasteiger partial charge on any atom is 0.193 e. The van der Waals surface area contributed by atoms with Crippen molar-refractivity contribution >= 4 is 11.6 Å². The van der Waals surface area contributed by atoms with Gasteiger partial charge in [0.1, 0.15) is 0 Å². The molecule has 1 fully saturated rings. The van der Waals surface area contributed by atoms with E-state index in [9.17, 15) is 0 Å². The molecule has 0 spiro atoms. The number of halogens is 1. The van der Waals surface area contributed by atoms with E-state index in [0.717, 1.165) is 11.1 Å². The Balaban J connectivity index is 2.39. The third-order valence-electron chi connectivity index (χ3n) is 2.38. The van der Waals surface area contributed by atoms with Crippen LogP contribution in [-0.4, -0.2) is 18.2 Å². The molecule has 2 heterocycles. The van der Waals surface area contributed by atoms with E-state index < -0.39 is 5.79 Å². The van der Waals surface area contributed by atoms with E-state index in [-0.39, 0.29) is 0 Å². The Hall–Kier alpha value is -0.640. The van der Waals surface area contributed by atoms with Crippen LogP contribution in [0, 0.1) is 0 Å². The van der Waals surface area contributed by atoms with E-state index in [1.54, 1.807) is 12.4 Å². The van der Waals surface area contributed by atoms with Crippen molar-refractivity contribution < 1.29 is 9.47 Å². The first-order valence-electron chi connectivity index (χ1n) is 4.53. The summed E-state index contributed by atoms with van der Waals surface area (Å²) in [6.07, 6.45) is 3.47. The van der Waals surface area contributed by atoms with Crippen LogP contribution in [0.4, 0.5) is 0 Å². The van der Waals surface area contributed by atoms with Crippen molar-refractivity contribution in [1.82, 2.24) is 4.98 Å². The van der Waals surface area contributed by atoms with Crippen molar-refractivity contribution in [2.45, 2.75) is 18.6 Å². The number of hydrogen-bond acceptors (Lipinski definition) is 3. The molecule has 1 saturated heterocycles. The second kappa shape index (κ2) is 3.85. The summed E-state index contributed by atoms with van der Waals surface area (Å²) in [7, 11) is 0. The van der Waals surface area contributed by atoms with E-state index in [2.05, 4.69) is 4.98 Å². The van der Waals surface area contributed by atoms with E-state index in [4.69, 9.17) is 21.1 Å². The quantitative estimate of drug-likeness (QED) is 0.705. The average molecular weight is 214 g/mol. The summed E-state index contributed by atoms with van der Waals surface area (Å²) >= 11 is 5.83. The van der Waals surface area contributed by atoms with Crippen LogP contribution in [0.2, 0.25) is 0 Å². The fraction of sp³-hybridized carbons (Fsp3) is 0.500. The normalized spacial score (nSPS) is 19.9. The molecule has 14 heavy (non-hydrogen) atoms. The predicted molar refractivity (Wildman–Crippen MR) is 53.1 cm³/mol. The number of ether oxygens (including phenoxy) is 2. The Labute approximate surface area is 88.0 Å². The molecular weight excluding hydrogens is 202 g/mol. The van der Waals surface area contributed by atoms with Crippen LogP contribution in [0.3, 0.4) is 0 Å². The van der Waals surface area contributed by atoms with Gasteiger partial charge in [-0.2, -0.15) is 0 Å². The van der Waals surface area contributed by atoms with Crippen LogP contribution >= 0.6 is 11.6 Å². The Morgan fingerprint density at radius 1 is 1.50 bits per heavy atom. The number of aromatic nitrogens is 1. The number of pyridine rings is 1. The minimum atomic E-state index is -0.668. The summed E-state index contributed by atoms with van der Waals surface area (Å²) in [6.45, 7) is 3.13. The molecular formula is C10H12ClNO2. The second-order valence-electron chi connectivity index (χ2n) is 3.31.